The van der Waals surface area contributed by atoms with E-state index in [1.807, 2.05) is 11.8 Å². The van der Waals surface area contributed by atoms with Crippen molar-refractivity contribution in [1.82, 2.24) is 5.32 Å². The Morgan fingerprint density at radius 1 is 1.55 bits per heavy atom. The van der Waals surface area contributed by atoms with Crippen molar-refractivity contribution in [3.05, 3.63) is 35.5 Å². The van der Waals surface area contributed by atoms with E-state index in [1.165, 1.54) is 17.1 Å². The van der Waals surface area contributed by atoms with Gasteiger partial charge in [-0.1, -0.05) is 13.2 Å². The van der Waals surface area contributed by atoms with Crippen LogP contribution in [0.4, 0.5) is 0 Å². The molecule has 0 aromatic carbocycles. The van der Waals surface area contributed by atoms with Crippen LogP contribution in [0.2, 0.25) is 0 Å². The molecule has 0 spiro atoms. The maximum Gasteiger partial charge on any atom is 0.0316 e. The van der Waals surface area contributed by atoms with Gasteiger partial charge in [-0.15, -0.1) is 11.8 Å². The van der Waals surface area contributed by atoms with E-state index in [2.05, 4.69) is 24.6 Å². The fraction of sp³-hybridized carbons (Fsp3) is 0.333. The predicted octanol–water partition coefficient (Wildman–Crippen LogP) is 2.25. The average Bonchev–Trinajstić information content (AvgIpc) is 2.34. The summed E-state index contributed by atoms with van der Waals surface area (Å²) in [5.74, 6) is 1.80. The normalized spacial score (nSPS) is 29.5. The molecule has 2 heteroatoms. The second kappa shape index (κ2) is 2.45. The van der Waals surface area contributed by atoms with Gasteiger partial charge in [0.05, 0.1) is 0 Å². The number of hydrogen-bond acceptors (Lipinski definition) is 2. The zero-order valence-electron chi connectivity index (χ0n) is 6.39. The highest BCUT2D eigenvalue weighted by Gasteiger charge is 2.27. The zero-order valence-corrected chi connectivity index (χ0v) is 7.21. The predicted molar refractivity (Wildman–Crippen MR) is 50.1 cm³/mol. The fourth-order valence-corrected chi connectivity index (χ4v) is 2.80. The second-order valence-corrected chi connectivity index (χ2v) is 4.08. The summed E-state index contributed by atoms with van der Waals surface area (Å²) < 4.78 is 0. The molecule has 0 aliphatic carbocycles. The van der Waals surface area contributed by atoms with E-state index < -0.39 is 0 Å². The molecule has 0 amide bonds. The lowest BCUT2D eigenvalue weighted by atomic mass is 9.99. The molecule has 0 bridgehead atoms. The molecule has 2 heterocycles. The molecule has 0 aromatic rings. The summed E-state index contributed by atoms with van der Waals surface area (Å²) in [7, 11) is 0. The summed E-state index contributed by atoms with van der Waals surface area (Å²) in [5.41, 5.74) is 2.10. The Bertz CT molecular complexity index is 252. The summed E-state index contributed by atoms with van der Waals surface area (Å²) in [5, 5.41) is 3.17. The molecule has 0 saturated carbocycles. The number of hydrogen-bond donors (Lipinski definition) is 1. The minimum Gasteiger partial charge on any atom is -0.359 e. The number of fused-ring (bicyclic) bond motifs is 1. The molecule has 2 rings (SSSR count). The van der Waals surface area contributed by atoms with Crippen LogP contribution in [0.15, 0.2) is 35.5 Å². The van der Waals surface area contributed by atoms with Crippen molar-refractivity contribution >= 4 is 11.8 Å². The summed E-state index contributed by atoms with van der Waals surface area (Å²) >= 11 is 1.93. The Labute approximate surface area is 71.3 Å². The molecule has 0 aromatic heterocycles. The first-order chi connectivity index (χ1) is 5.27. The maximum atomic E-state index is 3.98. The van der Waals surface area contributed by atoms with E-state index in [0.29, 0.717) is 5.92 Å². The molecule has 1 saturated heterocycles. The molecule has 1 N–H and O–H groups in total. The van der Waals surface area contributed by atoms with Crippen LogP contribution >= 0.6 is 11.8 Å². The Kier molecular flexibility index (Phi) is 1.57. The lowest BCUT2D eigenvalue weighted by Crippen LogP contribution is -2.21. The Morgan fingerprint density at radius 3 is 3.18 bits per heavy atom. The number of rotatable bonds is 0. The second-order valence-electron chi connectivity index (χ2n) is 2.91. The van der Waals surface area contributed by atoms with Crippen molar-refractivity contribution < 1.29 is 0 Å². The van der Waals surface area contributed by atoms with E-state index in [9.17, 15) is 0 Å². The van der Waals surface area contributed by atoms with Gasteiger partial charge in [0.2, 0.25) is 0 Å². The smallest absolute Gasteiger partial charge is 0.0316 e. The first-order valence-corrected chi connectivity index (χ1v) is 4.75. The van der Waals surface area contributed by atoms with Crippen LogP contribution in [-0.4, -0.2) is 5.75 Å². The van der Waals surface area contributed by atoms with Crippen LogP contribution in [-0.2, 0) is 0 Å². The van der Waals surface area contributed by atoms with Crippen LogP contribution in [0, 0.1) is 5.92 Å². The van der Waals surface area contributed by atoms with E-state index in [-0.39, 0.29) is 0 Å². The summed E-state index contributed by atoms with van der Waals surface area (Å²) in [6, 6.07) is 0. The molecule has 2 aliphatic heterocycles. The first kappa shape index (κ1) is 7.04. The highest BCUT2D eigenvalue weighted by Crippen LogP contribution is 2.41. The van der Waals surface area contributed by atoms with Gasteiger partial charge in [-0.05, 0) is 23.2 Å². The van der Waals surface area contributed by atoms with Crippen LogP contribution in [0.25, 0.3) is 0 Å². The highest BCUT2D eigenvalue weighted by atomic mass is 32.2. The van der Waals surface area contributed by atoms with Crippen molar-refractivity contribution in [2.45, 2.75) is 6.42 Å². The molecule has 1 nitrogen and oxygen atoms in total. The van der Waals surface area contributed by atoms with Crippen LogP contribution < -0.4 is 5.32 Å². The average molecular weight is 165 g/mol. The van der Waals surface area contributed by atoms with E-state index in [0.717, 1.165) is 11.4 Å². The number of allylic oxidation sites excluding steroid dienone is 2. The molecule has 0 radical (unpaired) electrons. The summed E-state index contributed by atoms with van der Waals surface area (Å²) in [4.78, 5) is 1.44. The Balaban J connectivity index is 2.34. The van der Waals surface area contributed by atoms with Gasteiger partial charge < -0.3 is 5.32 Å². The minimum atomic E-state index is 0.575. The van der Waals surface area contributed by atoms with Gasteiger partial charge in [-0.25, -0.2) is 0 Å². The monoisotopic (exact) mass is 165 g/mol. The number of thioether (sulfide) groups is 1. The lowest BCUT2D eigenvalue weighted by molar-refractivity contribution is 0.678. The van der Waals surface area contributed by atoms with Gasteiger partial charge in [0.15, 0.2) is 0 Å². The van der Waals surface area contributed by atoms with Crippen molar-refractivity contribution in [2.75, 3.05) is 5.75 Å². The lowest BCUT2D eigenvalue weighted by Gasteiger charge is -2.22. The summed E-state index contributed by atoms with van der Waals surface area (Å²) in [6.07, 6.45) is 3.37. The molecule has 1 unspecified atom stereocenters. The molecule has 58 valence electrons. The third-order valence-corrected chi connectivity index (χ3v) is 3.25. The molecule has 1 atom stereocenters. The van der Waals surface area contributed by atoms with Crippen LogP contribution in [0.1, 0.15) is 6.42 Å². The summed E-state index contributed by atoms with van der Waals surface area (Å²) in [6.45, 7) is 7.84. The van der Waals surface area contributed by atoms with Crippen molar-refractivity contribution in [3.8, 4) is 0 Å². The van der Waals surface area contributed by atoms with Gasteiger partial charge in [-0.3, -0.25) is 0 Å². The van der Waals surface area contributed by atoms with E-state index in [4.69, 9.17) is 0 Å². The largest absolute Gasteiger partial charge is 0.359 e. The zero-order chi connectivity index (χ0) is 7.84. The van der Waals surface area contributed by atoms with E-state index >= 15 is 0 Å². The quantitative estimate of drug-likeness (QED) is 0.591. The topological polar surface area (TPSA) is 12.0 Å². The van der Waals surface area contributed by atoms with Gasteiger partial charge in [0.1, 0.15) is 0 Å². The van der Waals surface area contributed by atoms with Crippen molar-refractivity contribution in [3.63, 3.8) is 0 Å². The van der Waals surface area contributed by atoms with Gasteiger partial charge in [-0.2, -0.15) is 0 Å². The third-order valence-electron chi connectivity index (χ3n) is 2.08. The molecule has 11 heavy (non-hydrogen) atoms. The van der Waals surface area contributed by atoms with Gasteiger partial charge >= 0.3 is 0 Å². The van der Waals surface area contributed by atoms with Crippen LogP contribution in [0.5, 0.6) is 0 Å². The number of nitrogens with one attached hydrogen (secondary N) is 1. The van der Waals surface area contributed by atoms with Crippen molar-refractivity contribution in [2.24, 2.45) is 5.92 Å². The standard InChI is InChI=1S/C9H11NS/c1-6-5-9-8(3-4-11-9)7(2)10-6/h5,8,10H,1-4H2. The Hall–Kier alpha value is -0.630. The minimum absolute atomic E-state index is 0.575. The van der Waals surface area contributed by atoms with Gasteiger partial charge in [0, 0.05) is 17.3 Å². The first-order valence-electron chi connectivity index (χ1n) is 3.76. The fourth-order valence-electron chi connectivity index (χ4n) is 1.53. The van der Waals surface area contributed by atoms with E-state index in [1.54, 1.807) is 0 Å². The van der Waals surface area contributed by atoms with Gasteiger partial charge in [0.25, 0.3) is 0 Å². The molecule has 1 fully saturated rings. The SMILES string of the molecule is C=C1C=C2SCCC2C(=C)N1. The molecular weight excluding hydrogens is 154 g/mol. The highest BCUT2D eigenvalue weighted by molar-refractivity contribution is 8.03. The van der Waals surface area contributed by atoms with Crippen molar-refractivity contribution in [1.29, 1.82) is 0 Å². The third kappa shape index (κ3) is 1.11. The molecular formula is C9H11NS. The Morgan fingerprint density at radius 2 is 2.36 bits per heavy atom. The van der Waals surface area contributed by atoms with Crippen LogP contribution in [0.3, 0.4) is 0 Å². The molecule has 2 aliphatic rings. The maximum absolute atomic E-state index is 3.98.